The van der Waals surface area contributed by atoms with Gasteiger partial charge >= 0.3 is 0 Å². The molecule has 0 aliphatic carbocycles. The summed E-state index contributed by atoms with van der Waals surface area (Å²) in [5.41, 5.74) is 0. The first-order chi connectivity index (χ1) is 5.46. The molecule has 1 aromatic carbocycles. The van der Waals surface area contributed by atoms with E-state index in [4.69, 9.17) is 0 Å². The molecule has 65 valence electrons. The molecule has 0 atom stereocenters. The van der Waals surface area contributed by atoms with Crippen LogP contribution in [0, 0.1) is 29.1 Å². The van der Waals surface area contributed by atoms with Gasteiger partial charge in [0.15, 0.2) is 0 Å². The van der Waals surface area contributed by atoms with Crippen LogP contribution in [0.1, 0.15) is 0 Å². The van der Waals surface area contributed by atoms with E-state index in [2.05, 4.69) is 0 Å². The third-order valence-corrected chi connectivity index (χ3v) is 1.17. The molecule has 0 aliphatic heterocycles. The van der Waals surface area contributed by atoms with Gasteiger partial charge in [-0.2, -0.15) is 8.78 Å². The number of benzene rings is 1. The van der Waals surface area contributed by atoms with E-state index >= 15 is 0 Å². The van der Waals surface area contributed by atoms with Crippen LogP contribution in [-0.4, -0.2) is 0 Å². The van der Waals surface area contributed by atoms with Crippen LogP contribution in [0.2, 0.25) is 0 Å². The van der Waals surface area contributed by atoms with Crippen LogP contribution >= 0.6 is 0 Å². The Morgan fingerprint density at radius 1 is 0.583 bits per heavy atom. The van der Waals surface area contributed by atoms with E-state index in [1.54, 1.807) is 0 Å². The largest absolute Gasteiger partial charge is 0.283 e. The van der Waals surface area contributed by atoms with Gasteiger partial charge < -0.3 is 0 Å². The van der Waals surface area contributed by atoms with E-state index in [0.717, 1.165) is 0 Å². The topological polar surface area (TPSA) is 19.9 Å². The number of rotatable bonds is 0. The lowest BCUT2D eigenvalue weighted by atomic mass is 10.3. The van der Waals surface area contributed by atoms with Gasteiger partial charge in [0.25, 0.3) is 5.75 Å². The van der Waals surface area contributed by atoms with Crippen LogP contribution in [0.4, 0.5) is 22.0 Å². The van der Waals surface area contributed by atoms with Gasteiger partial charge in [0.05, 0.1) is 0 Å². The molecule has 0 unspecified atom stereocenters. The zero-order valence-electron chi connectivity index (χ0n) is 5.30. The minimum Gasteiger partial charge on any atom is -0.283 e. The maximum Gasteiger partial charge on any atom is 0.255 e. The molecular formula is C6F5O. The van der Waals surface area contributed by atoms with Gasteiger partial charge in [-0.1, -0.05) is 0 Å². The molecule has 0 aliphatic rings. The second kappa shape index (κ2) is 2.62. The van der Waals surface area contributed by atoms with Crippen molar-refractivity contribution >= 4 is 0 Å². The van der Waals surface area contributed by atoms with Gasteiger partial charge in [0.2, 0.25) is 29.1 Å². The highest BCUT2D eigenvalue weighted by Crippen LogP contribution is 2.27. The van der Waals surface area contributed by atoms with Crippen molar-refractivity contribution in [3.05, 3.63) is 29.1 Å². The zero-order chi connectivity index (χ0) is 9.46. The summed E-state index contributed by atoms with van der Waals surface area (Å²) < 4.78 is 60.4. The molecule has 1 nitrogen and oxygen atoms in total. The van der Waals surface area contributed by atoms with Crippen LogP contribution in [0.5, 0.6) is 5.75 Å². The average Bonchev–Trinajstić information content (AvgIpc) is 2.08. The predicted octanol–water partition coefficient (Wildman–Crippen LogP) is 2.53. The molecule has 0 fully saturated rings. The Balaban J connectivity index is 3.60. The fraction of sp³-hybridized carbons (Fsp3) is 0. The molecule has 0 saturated heterocycles. The summed E-state index contributed by atoms with van der Waals surface area (Å²) in [5, 5.41) is 10.2. The van der Waals surface area contributed by atoms with Gasteiger partial charge in [-0.25, -0.2) is 13.2 Å². The van der Waals surface area contributed by atoms with Crippen molar-refractivity contribution in [1.82, 2.24) is 0 Å². The summed E-state index contributed by atoms with van der Waals surface area (Å²) in [6.45, 7) is 0. The third kappa shape index (κ3) is 0.992. The van der Waals surface area contributed by atoms with E-state index in [1.807, 2.05) is 0 Å². The zero-order valence-corrected chi connectivity index (χ0v) is 5.30. The maximum atomic E-state index is 12.1. The highest BCUT2D eigenvalue weighted by Gasteiger charge is 2.26. The summed E-state index contributed by atoms with van der Waals surface area (Å²) in [6, 6.07) is 0. The van der Waals surface area contributed by atoms with Gasteiger partial charge in [-0.05, 0) is 0 Å². The predicted molar refractivity (Wildman–Crippen MR) is 26.4 cm³/mol. The Kier molecular flexibility index (Phi) is 1.91. The number of hydrogen-bond donors (Lipinski definition) is 0. The van der Waals surface area contributed by atoms with Gasteiger partial charge in [0.1, 0.15) is 0 Å². The molecule has 0 heterocycles. The molecule has 0 aromatic heterocycles. The molecule has 0 saturated carbocycles. The maximum absolute atomic E-state index is 12.1. The highest BCUT2D eigenvalue weighted by atomic mass is 19.2. The third-order valence-electron chi connectivity index (χ3n) is 1.17. The summed E-state index contributed by atoms with van der Waals surface area (Å²) in [4.78, 5) is 0. The van der Waals surface area contributed by atoms with E-state index in [1.165, 1.54) is 0 Å². The van der Waals surface area contributed by atoms with Crippen molar-refractivity contribution in [3.8, 4) is 5.75 Å². The van der Waals surface area contributed by atoms with Crippen LogP contribution in [0.15, 0.2) is 0 Å². The van der Waals surface area contributed by atoms with E-state index in [9.17, 15) is 27.1 Å². The highest BCUT2D eigenvalue weighted by molar-refractivity contribution is 5.27. The first kappa shape index (κ1) is 8.76. The second-order valence-electron chi connectivity index (χ2n) is 1.90. The van der Waals surface area contributed by atoms with Gasteiger partial charge in [-0.3, -0.25) is 5.11 Å². The smallest absolute Gasteiger partial charge is 0.255 e. The number of halogens is 5. The van der Waals surface area contributed by atoms with Crippen molar-refractivity contribution in [2.45, 2.75) is 0 Å². The van der Waals surface area contributed by atoms with Gasteiger partial charge in [-0.15, -0.1) is 0 Å². The molecular weight excluding hydrogens is 183 g/mol. The van der Waals surface area contributed by atoms with Crippen molar-refractivity contribution < 1.29 is 27.1 Å². The minimum absolute atomic E-state index is 2.12. The summed E-state index contributed by atoms with van der Waals surface area (Å²) in [5.74, 6) is -13.6. The number of hydrogen-bond acceptors (Lipinski definition) is 0. The molecule has 6 heteroatoms. The molecule has 0 spiro atoms. The molecule has 1 radical (unpaired) electrons. The van der Waals surface area contributed by atoms with Crippen LogP contribution in [-0.2, 0) is 5.11 Å². The average molecular weight is 183 g/mol. The van der Waals surface area contributed by atoms with Crippen molar-refractivity contribution in [2.75, 3.05) is 0 Å². The standard InChI is InChI=1S/C6F5O/c7-1-2(8)4(10)6(12)5(11)3(1)9. The van der Waals surface area contributed by atoms with Crippen molar-refractivity contribution in [1.29, 1.82) is 0 Å². The van der Waals surface area contributed by atoms with E-state index in [-0.39, 0.29) is 0 Å². The first-order valence-corrected chi connectivity index (χ1v) is 2.65. The lowest BCUT2D eigenvalue weighted by molar-refractivity contribution is 0.273. The second-order valence-corrected chi connectivity index (χ2v) is 1.90. The van der Waals surface area contributed by atoms with Crippen molar-refractivity contribution in [3.63, 3.8) is 0 Å². The normalized spacial score (nSPS) is 10.4. The molecule has 12 heavy (non-hydrogen) atoms. The minimum atomic E-state index is -2.33. The Morgan fingerprint density at radius 2 is 0.833 bits per heavy atom. The lowest BCUT2D eigenvalue weighted by Gasteiger charge is -1.98. The van der Waals surface area contributed by atoms with Crippen LogP contribution in [0.25, 0.3) is 0 Å². The summed E-state index contributed by atoms with van der Waals surface area (Å²) >= 11 is 0. The van der Waals surface area contributed by atoms with E-state index in [0.29, 0.717) is 0 Å². The first-order valence-electron chi connectivity index (χ1n) is 2.65. The molecule has 0 bridgehead atoms. The summed E-state index contributed by atoms with van der Waals surface area (Å²) in [6.07, 6.45) is 0. The Morgan fingerprint density at radius 3 is 1.17 bits per heavy atom. The Labute approximate surface area is 63.1 Å². The lowest BCUT2D eigenvalue weighted by Crippen LogP contribution is -1.99. The van der Waals surface area contributed by atoms with Gasteiger partial charge in [0, 0.05) is 0 Å². The Hall–Kier alpha value is -1.33. The van der Waals surface area contributed by atoms with Crippen LogP contribution < -0.4 is 0 Å². The molecule has 1 rings (SSSR count). The molecule has 0 amide bonds. The van der Waals surface area contributed by atoms with E-state index < -0.39 is 34.8 Å². The monoisotopic (exact) mass is 183 g/mol. The quantitative estimate of drug-likeness (QED) is 0.334. The molecule has 0 N–H and O–H groups in total. The fourth-order valence-electron chi connectivity index (χ4n) is 0.585. The molecule has 1 aromatic rings. The summed E-state index contributed by atoms with van der Waals surface area (Å²) in [7, 11) is 0. The Bertz CT molecular complexity index is 230. The van der Waals surface area contributed by atoms with Crippen molar-refractivity contribution in [2.24, 2.45) is 0 Å². The SMILES string of the molecule is [O]c1c(F)c(F)c(F)c(F)c1F. The van der Waals surface area contributed by atoms with Crippen LogP contribution in [0.3, 0.4) is 0 Å². The fourth-order valence-corrected chi connectivity index (χ4v) is 0.585.